The van der Waals surface area contributed by atoms with Gasteiger partial charge in [0.25, 0.3) is 0 Å². The summed E-state index contributed by atoms with van der Waals surface area (Å²) in [5.74, 6) is 0.827. The zero-order valence-electron chi connectivity index (χ0n) is 14.8. The van der Waals surface area contributed by atoms with E-state index in [1.807, 2.05) is 11.9 Å². The lowest BCUT2D eigenvalue weighted by atomic mass is 9.86. The highest BCUT2D eigenvalue weighted by molar-refractivity contribution is 7.89. The summed E-state index contributed by atoms with van der Waals surface area (Å²) in [6, 6.07) is 6.27. The molecule has 1 fully saturated rings. The first-order valence-electron chi connectivity index (χ1n) is 8.53. The quantitative estimate of drug-likeness (QED) is 0.538. The van der Waals surface area contributed by atoms with E-state index in [-0.39, 0.29) is 18.1 Å². The van der Waals surface area contributed by atoms with Crippen LogP contribution in [-0.4, -0.2) is 52.2 Å². The van der Waals surface area contributed by atoms with Crippen molar-refractivity contribution in [2.75, 3.05) is 32.9 Å². The standard InChI is InChI=1S/C17H27FN4O2S/c1-19-17(22(2)13-15-6-8-16(18)9-7-15)20-10-11-25(23,24)21-12-14-4-3-5-14/h6-9,14,21H,3-5,10-13H2,1-2H3,(H,19,20). The zero-order chi connectivity index (χ0) is 18.3. The Bertz CT molecular complexity index is 672. The monoisotopic (exact) mass is 370 g/mol. The topological polar surface area (TPSA) is 73.8 Å². The Labute approximate surface area is 149 Å². The predicted octanol–water partition coefficient (Wildman–Crippen LogP) is 1.55. The number of halogens is 1. The second kappa shape index (κ2) is 9.15. The molecule has 0 saturated heterocycles. The maximum atomic E-state index is 13.0. The second-order valence-corrected chi connectivity index (χ2v) is 8.35. The van der Waals surface area contributed by atoms with E-state index in [9.17, 15) is 12.8 Å². The molecule has 25 heavy (non-hydrogen) atoms. The number of hydrogen-bond donors (Lipinski definition) is 2. The molecule has 8 heteroatoms. The van der Waals surface area contributed by atoms with E-state index >= 15 is 0 Å². The molecule has 0 aromatic heterocycles. The van der Waals surface area contributed by atoms with Gasteiger partial charge in [0, 0.05) is 33.7 Å². The molecule has 1 aromatic rings. The lowest BCUT2D eigenvalue weighted by Gasteiger charge is -2.25. The summed E-state index contributed by atoms with van der Waals surface area (Å²) in [5, 5.41) is 3.06. The Morgan fingerprint density at radius 2 is 2.00 bits per heavy atom. The average Bonchev–Trinajstić information content (AvgIpc) is 2.52. The van der Waals surface area contributed by atoms with Gasteiger partial charge < -0.3 is 10.2 Å². The van der Waals surface area contributed by atoms with Crippen LogP contribution >= 0.6 is 0 Å². The van der Waals surface area contributed by atoms with Crippen LogP contribution in [0.15, 0.2) is 29.3 Å². The maximum Gasteiger partial charge on any atom is 0.213 e. The highest BCUT2D eigenvalue weighted by Crippen LogP contribution is 2.25. The van der Waals surface area contributed by atoms with Crippen LogP contribution in [0.5, 0.6) is 0 Å². The summed E-state index contributed by atoms with van der Waals surface area (Å²) < 4.78 is 39.6. The number of hydrogen-bond acceptors (Lipinski definition) is 3. The van der Waals surface area contributed by atoms with Crippen LogP contribution in [-0.2, 0) is 16.6 Å². The predicted molar refractivity (Wildman–Crippen MR) is 98.4 cm³/mol. The van der Waals surface area contributed by atoms with Gasteiger partial charge in [0.15, 0.2) is 5.96 Å². The van der Waals surface area contributed by atoms with Crippen LogP contribution in [0.3, 0.4) is 0 Å². The third-order valence-electron chi connectivity index (χ3n) is 4.38. The Kier molecular flexibility index (Phi) is 7.19. The van der Waals surface area contributed by atoms with E-state index in [1.165, 1.54) is 18.6 Å². The number of sulfonamides is 1. The smallest absolute Gasteiger partial charge is 0.213 e. The van der Waals surface area contributed by atoms with E-state index in [1.54, 1.807) is 19.2 Å². The SMILES string of the molecule is CN=C(NCCS(=O)(=O)NCC1CCC1)N(C)Cc1ccc(F)cc1. The molecule has 1 aliphatic rings. The molecule has 0 amide bonds. The summed E-state index contributed by atoms with van der Waals surface area (Å²) in [5.41, 5.74) is 0.946. The summed E-state index contributed by atoms with van der Waals surface area (Å²) >= 11 is 0. The first-order valence-corrected chi connectivity index (χ1v) is 10.2. The van der Waals surface area contributed by atoms with Gasteiger partial charge in [-0.2, -0.15) is 0 Å². The molecular weight excluding hydrogens is 343 g/mol. The molecule has 0 spiro atoms. The highest BCUT2D eigenvalue weighted by atomic mass is 32.2. The fourth-order valence-corrected chi connectivity index (χ4v) is 3.64. The van der Waals surface area contributed by atoms with Gasteiger partial charge in [0.1, 0.15) is 5.82 Å². The van der Waals surface area contributed by atoms with Crippen LogP contribution < -0.4 is 10.0 Å². The van der Waals surface area contributed by atoms with Gasteiger partial charge in [-0.05, 0) is 36.5 Å². The summed E-state index contributed by atoms with van der Waals surface area (Å²) in [4.78, 5) is 6.02. The molecule has 1 saturated carbocycles. The molecule has 2 rings (SSSR count). The molecule has 0 atom stereocenters. The highest BCUT2D eigenvalue weighted by Gasteiger charge is 2.20. The van der Waals surface area contributed by atoms with Crippen molar-refractivity contribution in [1.82, 2.24) is 14.9 Å². The fraction of sp³-hybridized carbons (Fsp3) is 0.588. The normalized spacial score (nSPS) is 15.7. The van der Waals surface area contributed by atoms with Gasteiger partial charge in [-0.3, -0.25) is 4.99 Å². The molecular formula is C17H27FN4O2S. The van der Waals surface area contributed by atoms with E-state index < -0.39 is 10.0 Å². The third-order valence-corrected chi connectivity index (χ3v) is 5.73. The van der Waals surface area contributed by atoms with Crippen LogP contribution in [0.1, 0.15) is 24.8 Å². The van der Waals surface area contributed by atoms with Gasteiger partial charge in [-0.1, -0.05) is 18.6 Å². The molecule has 0 radical (unpaired) electrons. The number of guanidine groups is 1. The molecule has 0 bridgehead atoms. The minimum absolute atomic E-state index is 0.00310. The van der Waals surface area contributed by atoms with Gasteiger partial charge in [0.05, 0.1) is 5.75 Å². The van der Waals surface area contributed by atoms with Crippen LogP contribution in [0.25, 0.3) is 0 Å². The van der Waals surface area contributed by atoms with Crippen molar-refractivity contribution in [2.24, 2.45) is 10.9 Å². The van der Waals surface area contributed by atoms with Crippen molar-refractivity contribution >= 4 is 16.0 Å². The lowest BCUT2D eigenvalue weighted by Crippen LogP contribution is -2.42. The van der Waals surface area contributed by atoms with Crippen molar-refractivity contribution < 1.29 is 12.8 Å². The Balaban J connectivity index is 1.75. The Hall–Kier alpha value is -1.67. The number of nitrogens with zero attached hydrogens (tertiary/aromatic N) is 2. The first kappa shape index (κ1) is 19.7. The first-order chi connectivity index (χ1) is 11.9. The van der Waals surface area contributed by atoms with Crippen molar-refractivity contribution in [3.63, 3.8) is 0 Å². The number of aliphatic imine (C=N–C) groups is 1. The van der Waals surface area contributed by atoms with Crippen molar-refractivity contribution in [2.45, 2.75) is 25.8 Å². The second-order valence-electron chi connectivity index (χ2n) is 6.42. The molecule has 6 nitrogen and oxygen atoms in total. The minimum Gasteiger partial charge on any atom is -0.355 e. The van der Waals surface area contributed by atoms with E-state index in [2.05, 4.69) is 15.0 Å². The Morgan fingerprint density at radius 1 is 1.32 bits per heavy atom. The van der Waals surface area contributed by atoms with Crippen LogP contribution in [0, 0.1) is 11.7 Å². The minimum atomic E-state index is -3.27. The largest absolute Gasteiger partial charge is 0.355 e. The number of benzene rings is 1. The lowest BCUT2D eigenvalue weighted by molar-refractivity contribution is 0.316. The summed E-state index contributed by atoms with van der Waals surface area (Å²) in [6.45, 7) is 1.37. The van der Waals surface area contributed by atoms with Crippen molar-refractivity contribution in [1.29, 1.82) is 0 Å². The molecule has 2 N–H and O–H groups in total. The van der Waals surface area contributed by atoms with Crippen molar-refractivity contribution in [3.8, 4) is 0 Å². The average molecular weight is 370 g/mol. The van der Waals surface area contributed by atoms with E-state index in [4.69, 9.17) is 0 Å². The van der Waals surface area contributed by atoms with E-state index in [0.29, 0.717) is 25.0 Å². The van der Waals surface area contributed by atoms with Gasteiger partial charge >= 0.3 is 0 Å². The fourth-order valence-electron chi connectivity index (χ4n) is 2.63. The van der Waals surface area contributed by atoms with Gasteiger partial charge in [0.2, 0.25) is 10.0 Å². The zero-order valence-corrected chi connectivity index (χ0v) is 15.7. The summed E-state index contributed by atoms with van der Waals surface area (Å²) in [6.07, 6.45) is 3.42. The van der Waals surface area contributed by atoms with Gasteiger partial charge in [-0.15, -0.1) is 0 Å². The molecule has 0 heterocycles. The van der Waals surface area contributed by atoms with Crippen molar-refractivity contribution in [3.05, 3.63) is 35.6 Å². The van der Waals surface area contributed by atoms with Crippen LogP contribution in [0.2, 0.25) is 0 Å². The van der Waals surface area contributed by atoms with E-state index in [0.717, 1.165) is 18.4 Å². The van der Waals surface area contributed by atoms with Gasteiger partial charge in [-0.25, -0.2) is 17.5 Å². The molecule has 140 valence electrons. The number of rotatable bonds is 8. The molecule has 0 unspecified atom stereocenters. The summed E-state index contributed by atoms with van der Waals surface area (Å²) in [7, 11) is 0.221. The maximum absolute atomic E-state index is 13.0. The molecule has 1 aliphatic carbocycles. The molecule has 1 aromatic carbocycles. The number of nitrogens with one attached hydrogen (secondary N) is 2. The van der Waals surface area contributed by atoms with Crippen LogP contribution in [0.4, 0.5) is 4.39 Å². The third kappa shape index (κ3) is 6.62. The molecule has 0 aliphatic heterocycles. The Morgan fingerprint density at radius 3 is 2.56 bits per heavy atom.